The fourth-order valence-corrected chi connectivity index (χ4v) is 10.1. The quantitative estimate of drug-likeness (QED) is 0.185. The van der Waals surface area contributed by atoms with Gasteiger partial charge in [-0.2, -0.15) is 0 Å². The monoisotopic (exact) mass is 823 g/mol. The number of nitrogens with one attached hydrogen (secondary N) is 1. The summed E-state index contributed by atoms with van der Waals surface area (Å²) in [7, 11) is 2.82. The predicted molar refractivity (Wildman–Crippen MR) is 204 cm³/mol. The summed E-state index contributed by atoms with van der Waals surface area (Å²) in [6, 6.07) is 6.78. The van der Waals surface area contributed by atoms with Crippen molar-refractivity contribution in [3.63, 3.8) is 0 Å². The maximum absolute atomic E-state index is 15.2. The molecular weight excluding hydrogens is 770 g/mol. The zero-order chi connectivity index (χ0) is 43.0. The molecule has 2 saturated carbocycles. The molecule has 2 aliphatic heterocycles. The van der Waals surface area contributed by atoms with Crippen LogP contribution in [-0.2, 0) is 42.8 Å². The van der Waals surface area contributed by atoms with Crippen molar-refractivity contribution in [2.24, 2.45) is 16.7 Å². The second-order valence-corrected chi connectivity index (χ2v) is 17.9. The molecule has 2 saturated heterocycles. The second kappa shape index (κ2) is 14.7. The molecule has 1 unspecified atom stereocenters. The zero-order valence-electron chi connectivity index (χ0n) is 35.0. The number of fused-ring (bicyclic) bond motifs is 6. The highest BCUT2D eigenvalue weighted by Gasteiger charge is 2.80. The largest absolute Gasteiger partial charge is 0.497 e. The van der Waals surface area contributed by atoms with Gasteiger partial charge in [0.2, 0.25) is 0 Å². The lowest BCUT2D eigenvalue weighted by molar-refractivity contribution is -0.338. The van der Waals surface area contributed by atoms with Gasteiger partial charge < -0.3 is 52.7 Å². The first-order chi connectivity index (χ1) is 27.6. The summed E-state index contributed by atoms with van der Waals surface area (Å²) >= 11 is 0. The molecule has 3 heterocycles. The van der Waals surface area contributed by atoms with Crippen LogP contribution < -0.4 is 14.8 Å². The van der Waals surface area contributed by atoms with E-state index in [0.29, 0.717) is 16.9 Å². The fraction of sp³-hybridized carbons (Fsp3) is 0.605. The maximum Gasteiger partial charge on any atom is 0.408 e. The van der Waals surface area contributed by atoms with Crippen molar-refractivity contribution in [2.75, 3.05) is 20.8 Å². The van der Waals surface area contributed by atoms with E-state index in [0.717, 1.165) is 0 Å². The van der Waals surface area contributed by atoms with Crippen molar-refractivity contribution >= 4 is 29.8 Å². The van der Waals surface area contributed by atoms with Gasteiger partial charge in [-0.1, -0.05) is 13.8 Å². The molecule has 0 radical (unpaired) electrons. The number of alkyl carbamates (subject to hydrolysis) is 1. The number of furan rings is 1. The van der Waals surface area contributed by atoms with Gasteiger partial charge in [0.15, 0.2) is 11.4 Å². The Bertz CT molecular complexity index is 2070. The third-order valence-electron chi connectivity index (χ3n) is 13.0. The van der Waals surface area contributed by atoms with Crippen LogP contribution in [-0.4, -0.2) is 103 Å². The van der Waals surface area contributed by atoms with Gasteiger partial charge in [0, 0.05) is 25.2 Å². The number of benzene rings is 1. The number of Topliss-reactive ketones (excluding diaryl/α,β-unsaturated/α-hetero) is 1. The summed E-state index contributed by atoms with van der Waals surface area (Å²) in [5.41, 5.74) is -6.53. The number of rotatable bonds is 10. The summed E-state index contributed by atoms with van der Waals surface area (Å²) < 4.78 is 53.6. The van der Waals surface area contributed by atoms with Crippen LogP contribution in [0.15, 0.2) is 52.2 Å². The lowest BCUT2D eigenvalue weighted by atomic mass is 9.46. The molecule has 3 aliphatic carbocycles. The molecule has 16 heteroatoms. The van der Waals surface area contributed by atoms with E-state index >= 15 is 4.79 Å². The van der Waals surface area contributed by atoms with E-state index in [-0.39, 0.29) is 42.3 Å². The number of ketones is 1. The first kappa shape index (κ1) is 42.2. The minimum atomic E-state index is -2.13. The van der Waals surface area contributed by atoms with Crippen LogP contribution in [0.2, 0.25) is 0 Å². The van der Waals surface area contributed by atoms with Crippen LogP contribution in [0.3, 0.4) is 0 Å². The Balaban J connectivity index is 1.34. The number of methoxy groups -OCH3 is 2. The van der Waals surface area contributed by atoms with Crippen molar-refractivity contribution in [3.8, 4) is 11.5 Å². The molecule has 7 rings (SSSR count). The summed E-state index contributed by atoms with van der Waals surface area (Å²) in [6.07, 6.45) is -5.52. The number of aliphatic hydroxyl groups is 1. The Morgan fingerprint density at radius 2 is 1.76 bits per heavy atom. The fourth-order valence-electron chi connectivity index (χ4n) is 10.1. The first-order valence-electron chi connectivity index (χ1n) is 19.7. The molecule has 1 aromatic heterocycles. The molecule has 5 aliphatic rings. The molecule has 1 aromatic carbocycles. The average molecular weight is 824 g/mol. The molecule has 320 valence electrons. The highest BCUT2D eigenvalue weighted by molar-refractivity contribution is 5.96. The molecule has 4 bridgehead atoms. The van der Waals surface area contributed by atoms with E-state index in [1.807, 2.05) is 0 Å². The number of hydrogen-bond acceptors (Lipinski definition) is 15. The molecule has 1 amide bonds. The van der Waals surface area contributed by atoms with Crippen molar-refractivity contribution < 1.29 is 71.4 Å². The minimum absolute atomic E-state index is 0.0326. The van der Waals surface area contributed by atoms with Crippen molar-refractivity contribution in [1.29, 1.82) is 0 Å². The van der Waals surface area contributed by atoms with Crippen molar-refractivity contribution in [3.05, 3.63) is 59.1 Å². The van der Waals surface area contributed by atoms with Crippen molar-refractivity contribution in [1.82, 2.24) is 5.32 Å². The normalized spacial score (nSPS) is 33.2. The SMILES string of the molecule is COc1ccc(OC)c(C(=O)O[C@H]2C3[C@]4(C)C(=O)[C@@H](O[C@@H]4C[C@H]4OC[C@@]34OC(C)=O)C3=C(C)[C@@H](OC(=O)C[C@@H](NC(=O)OC(C)(C)C)c4ccco4)C[C@]2(O)C3(C)C)c1. The Kier molecular flexibility index (Phi) is 10.5. The number of ether oxygens (including phenoxy) is 8. The van der Waals surface area contributed by atoms with Gasteiger partial charge >= 0.3 is 24.0 Å². The molecule has 59 heavy (non-hydrogen) atoms. The van der Waals surface area contributed by atoms with Gasteiger partial charge in [-0.05, 0) is 76.1 Å². The molecule has 0 spiro atoms. The van der Waals surface area contributed by atoms with E-state index in [1.165, 1.54) is 39.5 Å². The number of carbonyl (C=O) groups excluding carboxylic acids is 5. The van der Waals surface area contributed by atoms with Gasteiger partial charge in [-0.3, -0.25) is 14.4 Å². The summed E-state index contributed by atoms with van der Waals surface area (Å²) in [5, 5.41) is 16.3. The third kappa shape index (κ3) is 6.76. The smallest absolute Gasteiger partial charge is 0.408 e. The van der Waals surface area contributed by atoms with Crippen LogP contribution in [0.5, 0.6) is 11.5 Å². The van der Waals surface area contributed by atoms with E-state index in [2.05, 4.69) is 5.32 Å². The van der Waals surface area contributed by atoms with E-state index in [1.54, 1.807) is 66.7 Å². The van der Waals surface area contributed by atoms with Crippen LogP contribution in [0.4, 0.5) is 4.79 Å². The van der Waals surface area contributed by atoms with Crippen LogP contribution >= 0.6 is 0 Å². The van der Waals surface area contributed by atoms with Crippen LogP contribution in [0, 0.1) is 16.7 Å². The highest BCUT2D eigenvalue weighted by Crippen LogP contribution is 2.67. The molecule has 16 nitrogen and oxygen atoms in total. The lowest BCUT2D eigenvalue weighted by Crippen LogP contribution is -2.80. The first-order valence-corrected chi connectivity index (χ1v) is 19.7. The van der Waals surface area contributed by atoms with Gasteiger partial charge in [-0.25, -0.2) is 9.59 Å². The Morgan fingerprint density at radius 3 is 2.36 bits per heavy atom. The standard InChI is InChI=1S/C43H53NO15/c1-21-28(55-31(46)17-25(27-12-11-15-53-27)44-38(49)59-39(3,4)5)19-43(50)36(57-37(48)24-16-23(51-9)13-14-26(24)52-10)34-41(8)29(18-30-42(34,20-54-30)58-22(2)45)56-33(35(41)47)32(21)40(43,6)7/h11-16,25,28-30,33-34,36,50H,17-20H2,1-10H3,(H,44,49)/t25-,28+,29-,30-,33+,34?,36+,41-,42+,43-/m1/s1. The summed E-state index contributed by atoms with van der Waals surface area (Å²) in [5.74, 6) is -3.20. The van der Waals surface area contributed by atoms with E-state index < -0.39 is 101 Å². The third-order valence-corrected chi connectivity index (χ3v) is 13.0. The van der Waals surface area contributed by atoms with Crippen LogP contribution in [0.1, 0.15) is 96.8 Å². The predicted octanol–water partition coefficient (Wildman–Crippen LogP) is 4.94. The lowest BCUT2D eigenvalue weighted by Gasteiger charge is -2.65. The number of esters is 3. The summed E-state index contributed by atoms with van der Waals surface area (Å²) in [4.78, 5) is 69.6. The van der Waals surface area contributed by atoms with Gasteiger partial charge in [0.1, 0.15) is 64.5 Å². The van der Waals surface area contributed by atoms with Crippen LogP contribution in [0.25, 0.3) is 0 Å². The summed E-state index contributed by atoms with van der Waals surface area (Å²) in [6.45, 7) is 13.1. The minimum Gasteiger partial charge on any atom is -0.497 e. The Hall–Kier alpha value is -4.93. The average Bonchev–Trinajstić information content (AvgIpc) is 3.77. The molecular formula is C43H53NO15. The molecule has 4 fully saturated rings. The number of hydrogen-bond donors (Lipinski definition) is 2. The maximum atomic E-state index is 15.2. The number of amides is 1. The van der Waals surface area contributed by atoms with E-state index in [9.17, 15) is 24.3 Å². The Morgan fingerprint density at radius 1 is 1.03 bits per heavy atom. The molecule has 2 aromatic rings. The zero-order valence-corrected chi connectivity index (χ0v) is 35.0. The van der Waals surface area contributed by atoms with Gasteiger partial charge in [0.05, 0.1) is 50.9 Å². The van der Waals surface area contributed by atoms with E-state index in [4.69, 9.17) is 42.3 Å². The topological polar surface area (TPSA) is 205 Å². The molecule has 2 N–H and O–H groups in total. The number of carbonyl (C=O) groups is 5. The highest BCUT2D eigenvalue weighted by atomic mass is 16.6. The Labute approximate surface area is 342 Å². The van der Waals surface area contributed by atoms with Crippen molar-refractivity contribution in [2.45, 2.75) is 128 Å². The van der Waals surface area contributed by atoms with Gasteiger partial charge in [0.25, 0.3) is 0 Å². The second-order valence-electron chi connectivity index (χ2n) is 17.9. The molecule has 10 atom stereocenters. The van der Waals surface area contributed by atoms with Gasteiger partial charge in [-0.15, -0.1) is 0 Å².